The number of nitrogens with zero attached hydrogens (tertiary/aromatic N) is 1. The Bertz CT molecular complexity index is 762. The molecule has 1 N–H and O–H groups in total. The number of carbonyl (C=O) groups is 2. The number of rotatable bonds is 3. The van der Waals surface area contributed by atoms with E-state index in [1.54, 1.807) is 0 Å². The summed E-state index contributed by atoms with van der Waals surface area (Å²) in [7, 11) is 0. The zero-order chi connectivity index (χ0) is 17.1. The van der Waals surface area contributed by atoms with Gasteiger partial charge in [0.25, 0.3) is 5.91 Å². The molecule has 1 aliphatic heterocycles. The third-order valence-electron chi connectivity index (χ3n) is 4.00. The van der Waals surface area contributed by atoms with Crippen LogP contribution in [0.5, 0.6) is 0 Å². The van der Waals surface area contributed by atoms with Crippen LogP contribution in [0.15, 0.2) is 48.5 Å². The molecule has 0 bridgehead atoms. The average molecular weight is 330 g/mol. The third kappa shape index (κ3) is 3.42. The van der Waals surface area contributed by atoms with Crippen molar-refractivity contribution in [2.75, 3.05) is 11.9 Å². The maximum absolute atomic E-state index is 13.3. The second-order valence-electron chi connectivity index (χ2n) is 5.66. The molecular formula is C18H16F2N2O2. The second-order valence-corrected chi connectivity index (χ2v) is 5.66. The third-order valence-corrected chi connectivity index (χ3v) is 4.00. The molecule has 0 aromatic heterocycles. The number of carbonyl (C=O) groups excluding carboxylic acids is 2. The van der Waals surface area contributed by atoms with Crippen molar-refractivity contribution in [3.63, 3.8) is 0 Å². The molecule has 0 radical (unpaired) electrons. The lowest BCUT2D eigenvalue weighted by Gasteiger charge is -2.24. The first-order chi connectivity index (χ1) is 11.5. The minimum atomic E-state index is -0.620. The van der Waals surface area contributed by atoms with Crippen molar-refractivity contribution in [1.29, 1.82) is 0 Å². The van der Waals surface area contributed by atoms with Gasteiger partial charge in [-0.25, -0.2) is 8.78 Å². The summed E-state index contributed by atoms with van der Waals surface area (Å²) in [5.74, 6) is -1.58. The summed E-state index contributed by atoms with van der Waals surface area (Å²) in [6.45, 7) is 0.441. The summed E-state index contributed by atoms with van der Waals surface area (Å²) in [5, 5.41) is 2.69. The Balaban J connectivity index is 1.73. The van der Waals surface area contributed by atoms with Gasteiger partial charge >= 0.3 is 0 Å². The van der Waals surface area contributed by atoms with Gasteiger partial charge in [0.2, 0.25) is 5.91 Å². The van der Waals surface area contributed by atoms with E-state index in [4.69, 9.17) is 0 Å². The molecule has 3 rings (SSSR count). The van der Waals surface area contributed by atoms with Gasteiger partial charge in [-0.2, -0.15) is 0 Å². The molecule has 2 amide bonds. The Morgan fingerprint density at radius 3 is 2.50 bits per heavy atom. The topological polar surface area (TPSA) is 49.4 Å². The van der Waals surface area contributed by atoms with Crippen LogP contribution in [-0.4, -0.2) is 29.3 Å². The van der Waals surface area contributed by atoms with Crippen molar-refractivity contribution in [3.8, 4) is 0 Å². The maximum Gasteiger partial charge on any atom is 0.254 e. The van der Waals surface area contributed by atoms with Gasteiger partial charge in [0, 0.05) is 17.8 Å². The molecule has 24 heavy (non-hydrogen) atoms. The SMILES string of the molecule is O=C(Nc1ccc(F)cc1)[C@@H]1CCCN1C(=O)c1cccc(F)c1. The fraction of sp³-hybridized carbons (Fsp3) is 0.222. The second kappa shape index (κ2) is 6.78. The number of likely N-dealkylation sites (tertiary alicyclic amines) is 1. The minimum Gasteiger partial charge on any atom is -0.327 e. The fourth-order valence-electron chi connectivity index (χ4n) is 2.83. The molecule has 1 atom stereocenters. The highest BCUT2D eigenvalue weighted by Gasteiger charge is 2.34. The highest BCUT2D eigenvalue weighted by molar-refractivity contribution is 6.01. The van der Waals surface area contributed by atoms with E-state index in [0.29, 0.717) is 25.1 Å². The van der Waals surface area contributed by atoms with Crippen LogP contribution in [0.4, 0.5) is 14.5 Å². The van der Waals surface area contributed by atoms with Crippen LogP contribution in [0.1, 0.15) is 23.2 Å². The predicted octanol–water partition coefficient (Wildman–Crippen LogP) is 3.21. The van der Waals surface area contributed by atoms with Crippen molar-refractivity contribution in [3.05, 3.63) is 65.7 Å². The van der Waals surface area contributed by atoms with E-state index in [1.807, 2.05) is 0 Å². The summed E-state index contributed by atoms with van der Waals surface area (Å²) in [4.78, 5) is 26.4. The van der Waals surface area contributed by atoms with Crippen molar-refractivity contribution >= 4 is 17.5 Å². The molecule has 6 heteroatoms. The van der Waals surface area contributed by atoms with E-state index in [-0.39, 0.29) is 17.4 Å². The van der Waals surface area contributed by atoms with Gasteiger partial charge in [-0.05, 0) is 55.3 Å². The normalized spacial score (nSPS) is 16.9. The van der Waals surface area contributed by atoms with Crippen LogP contribution in [0, 0.1) is 11.6 Å². The molecule has 124 valence electrons. The van der Waals surface area contributed by atoms with Gasteiger partial charge in [0.05, 0.1) is 0 Å². The smallest absolute Gasteiger partial charge is 0.254 e. The molecule has 0 unspecified atom stereocenters. The monoisotopic (exact) mass is 330 g/mol. The molecule has 1 heterocycles. The summed E-state index contributed by atoms with van der Waals surface area (Å²) in [5.41, 5.74) is 0.683. The first-order valence-corrected chi connectivity index (χ1v) is 7.67. The van der Waals surface area contributed by atoms with Crippen LogP contribution in [0.25, 0.3) is 0 Å². The highest BCUT2D eigenvalue weighted by Crippen LogP contribution is 2.22. The van der Waals surface area contributed by atoms with Crippen molar-refractivity contribution in [1.82, 2.24) is 4.90 Å². The molecule has 2 aromatic rings. The first-order valence-electron chi connectivity index (χ1n) is 7.67. The molecule has 0 aliphatic carbocycles. The van der Waals surface area contributed by atoms with Gasteiger partial charge in [-0.1, -0.05) is 6.07 Å². The lowest BCUT2D eigenvalue weighted by molar-refractivity contribution is -0.119. The highest BCUT2D eigenvalue weighted by atomic mass is 19.1. The molecule has 0 saturated carbocycles. The zero-order valence-electron chi connectivity index (χ0n) is 12.8. The van der Waals surface area contributed by atoms with Crippen molar-refractivity contribution in [2.24, 2.45) is 0 Å². The Labute approximate surface area is 138 Å². The number of hydrogen-bond donors (Lipinski definition) is 1. The lowest BCUT2D eigenvalue weighted by atomic mass is 10.1. The molecule has 1 saturated heterocycles. The Morgan fingerprint density at radius 1 is 1.04 bits per heavy atom. The van der Waals surface area contributed by atoms with E-state index < -0.39 is 17.7 Å². The number of anilines is 1. The van der Waals surface area contributed by atoms with Crippen molar-refractivity contribution < 1.29 is 18.4 Å². The van der Waals surface area contributed by atoms with Gasteiger partial charge in [0.1, 0.15) is 17.7 Å². The lowest BCUT2D eigenvalue weighted by Crippen LogP contribution is -2.43. The Kier molecular flexibility index (Phi) is 4.55. The van der Waals surface area contributed by atoms with E-state index >= 15 is 0 Å². The number of nitrogens with one attached hydrogen (secondary N) is 1. The molecule has 2 aromatic carbocycles. The van der Waals surface area contributed by atoms with E-state index in [2.05, 4.69) is 5.32 Å². The van der Waals surface area contributed by atoms with Gasteiger partial charge < -0.3 is 10.2 Å². The number of benzene rings is 2. The van der Waals surface area contributed by atoms with Gasteiger partial charge in [-0.3, -0.25) is 9.59 Å². The molecule has 1 fully saturated rings. The molecule has 0 spiro atoms. The van der Waals surface area contributed by atoms with Crippen LogP contribution in [0.3, 0.4) is 0 Å². The predicted molar refractivity (Wildman–Crippen MR) is 85.5 cm³/mol. The number of halogens is 2. The number of hydrogen-bond acceptors (Lipinski definition) is 2. The Hall–Kier alpha value is -2.76. The maximum atomic E-state index is 13.3. The summed E-state index contributed by atoms with van der Waals surface area (Å²) < 4.78 is 26.2. The minimum absolute atomic E-state index is 0.219. The van der Waals surface area contributed by atoms with Crippen molar-refractivity contribution in [2.45, 2.75) is 18.9 Å². The van der Waals surface area contributed by atoms with Crippen LogP contribution < -0.4 is 5.32 Å². The zero-order valence-corrected chi connectivity index (χ0v) is 12.8. The average Bonchev–Trinajstić information content (AvgIpc) is 3.06. The fourth-order valence-corrected chi connectivity index (χ4v) is 2.83. The van der Waals surface area contributed by atoms with Crippen LogP contribution in [-0.2, 0) is 4.79 Å². The van der Waals surface area contributed by atoms with Crippen LogP contribution >= 0.6 is 0 Å². The Morgan fingerprint density at radius 2 is 1.79 bits per heavy atom. The van der Waals surface area contributed by atoms with Gasteiger partial charge in [-0.15, -0.1) is 0 Å². The summed E-state index contributed by atoms with van der Waals surface area (Å²) in [6, 6.07) is 10.2. The molecule has 1 aliphatic rings. The van der Waals surface area contributed by atoms with Gasteiger partial charge in [0.15, 0.2) is 0 Å². The summed E-state index contributed by atoms with van der Waals surface area (Å²) >= 11 is 0. The van der Waals surface area contributed by atoms with E-state index in [0.717, 1.165) is 6.07 Å². The summed E-state index contributed by atoms with van der Waals surface area (Å²) in [6.07, 6.45) is 1.23. The standard InChI is InChI=1S/C18H16F2N2O2/c19-13-6-8-15(9-7-13)21-17(23)16-5-2-10-22(16)18(24)12-3-1-4-14(20)11-12/h1,3-4,6-9,11,16H,2,5,10H2,(H,21,23)/t16-/m0/s1. The van der Waals surface area contributed by atoms with Crippen LogP contribution in [0.2, 0.25) is 0 Å². The quantitative estimate of drug-likeness (QED) is 0.939. The first kappa shape index (κ1) is 16.1. The van der Waals surface area contributed by atoms with E-state index in [1.165, 1.54) is 47.4 Å². The largest absolute Gasteiger partial charge is 0.327 e. The molecular weight excluding hydrogens is 314 g/mol. The molecule has 4 nitrogen and oxygen atoms in total. The van der Waals surface area contributed by atoms with E-state index in [9.17, 15) is 18.4 Å². The number of amides is 2.